The number of hydrogen-bond donors (Lipinski definition) is 1. The van der Waals surface area contributed by atoms with Crippen molar-refractivity contribution >= 4 is 0 Å². The molecule has 2 heteroatoms. The van der Waals surface area contributed by atoms with Crippen LogP contribution in [-0.4, -0.2) is 18.8 Å². The van der Waals surface area contributed by atoms with E-state index in [0.29, 0.717) is 24.0 Å². The highest BCUT2D eigenvalue weighted by Crippen LogP contribution is 2.53. The van der Waals surface area contributed by atoms with E-state index in [1.807, 2.05) is 13.8 Å². The molecule has 2 nitrogen and oxygen atoms in total. The summed E-state index contributed by atoms with van der Waals surface area (Å²) in [7, 11) is 0. The lowest BCUT2D eigenvalue weighted by molar-refractivity contribution is 0.0624. The van der Waals surface area contributed by atoms with E-state index in [0.717, 1.165) is 0 Å². The van der Waals surface area contributed by atoms with Crippen LogP contribution in [0.5, 0.6) is 0 Å². The van der Waals surface area contributed by atoms with Crippen LogP contribution >= 0.6 is 0 Å². The first-order chi connectivity index (χ1) is 5.43. The van der Waals surface area contributed by atoms with Crippen LogP contribution in [0.15, 0.2) is 0 Å². The van der Waals surface area contributed by atoms with E-state index in [1.165, 1.54) is 6.42 Å². The van der Waals surface area contributed by atoms with Crippen molar-refractivity contribution in [3.63, 3.8) is 0 Å². The van der Waals surface area contributed by atoms with E-state index in [4.69, 9.17) is 10.5 Å². The van der Waals surface area contributed by atoms with E-state index in [9.17, 15) is 0 Å². The predicted molar refractivity (Wildman–Crippen MR) is 51.0 cm³/mol. The second-order valence-corrected chi connectivity index (χ2v) is 4.85. The maximum atomic E-state index is 5.98. The van der Waals surface area contributed by atoms with Crippen LogP contribution in [-0.2, 0) is 4.74 Å². The molecule has 2 N–H and O–H groups in total. The van der Waals surface area contributed by atoms with E-state index in [2.05, 4.69) is 13.8 Å². The van der Waals surface area contributed by atoms with Gasteiger partial charge >= 0.3 is 0 Å². The van der Waals surface area contributed by atoms with Crippen molar-refractivity contribution in [1.82, 2.24) is 0 Å². The van der Waals surface area contributed by atoms with Crippen molar-refractivity contribution in [3.05, 3.63) is 0 Å². The minimum atomic E-state index is 0.238. The molecule has 0 spiro atoms. The van der Waals surface area contributed by atoms with E-state index < -0.39 is 0 Å². The molecule has 0 bridgehead atoms. The molecule has 1 aliphatic rings. The van der Waals surface area contributed by atoms with Crippen LogP contribution in [0.1, 0.15) is 34.1 Å². The summed E-state index contributed by atoms with van der Waals surface area (Å²) in [5.41, 5.74) is 6.45. The predicted octanol–water partition coefficient (Wildman–Crippen LogP) is 1.78. The smallest absolute Gasteiger partial charge is 0.0623 e. The minimum absolute atomic E-state index is 0.238. The second-order valence-electron chi connectivity index (χ2n) is 4.85. The van der Waals surface area contributed by atoms with Crippen molar-refractivity contribution in [2.75, 3.05) is 6.61 Å². The third kappa shape index (κ3) is 2.46. The van der Waals surface area contributed by atoms with Crippen LogP contribution in [0, 0.1) is 11.3 Å². The van der Waals surface area contributed by atoms with Gasteiger partial charge in [0.25, 0.3) is 0 Å². The molecule has 1 saturated carbocycles. The highest BCUT2D eigenvalue weighted by Gasteiger charge is 2.48. The van der Waals surface area contributed by atoms with Crippen LogP contribution in [0.4, 0.5) is 0 Å². The van der Waals surface area contributed by atoms with Crippen LogP contribution < -0.4 is 5.73 Å². The van der Waals surface area contributed by atoms with Crippen LogP contribution in [0.25, 0.3) is 0 Å². The lowest BCUT2D eigenvalue weighted by Gasteiger charge is -2.15. The molecular formula is C10H21NO. The molecule has 0 saturated heterocycles. The Bertz CT molecular complexity index is 154. The zero-order valence-corrected chi connectivity index (χ0v) is 8.63. The van der Waals surface area contributed by atoms with E-state index in [1.54, 1.807) is 0 Å². The van der Waals surface area contributed by atoms with Crippen LogP contribution in [0.3, 0.4) is 0 Å². The summed E-state index contributed by atoms with van der Waals surface area (Å²) in [6.45, 7) is 9.35. The molecule has 1 rings (SSSR count). The lowest BCUT2D eigenvalue weighted by Crippen LogP contribution is -2.31. The summed E-state index contributed by atoms with van der Waals surface area (Å²) >= 11 is 0. The van der Waals surface area contributed by atoms with Gasteiger partial charge in [-0.3, -0.25) is 0 Å². The molecule has 1 aliphatic carbocycles. The summed E-state index contributed by atoms with van der Waals surface area (Å²) in [5, 5.41) is 0. The summed E-state index contributed by atoms with van der Waals surface area (Å²) < 4.78 is 5.47. The molecule has 1 fully saturated rings. The lowest BCUT2D eigenvalue weighted by atomic mass is 10.1. The molecule has 0 aromatic rings. The Balaban J connectivity index is 2.18. The van der Waals surface area contributed by atoms with Gasteiger partial charge in [0.05, 0.1) is 12.7 Å². The Labute approximate surface area is 75.5 Å². The van der Waals surface area contributed by atoms with Gasteiger partial charge in [-0.1, -0.05) is 13.8 Å². The van der Waals surface area contributed by atoms with Gasteiger partial charge in [-0.05, 0) is 31.6 Å². The largest absolute Gasteiger partial charge is 0.377 e. The number of rotatable bonds is 4. The number of nitrogens with two attached hydrogens (primary N) is 1. The van der Waals surface area contributed by atoms with Crippen molar-refractivity contribution in [2.24, 2.45) is 17.1 Å². The van der Waals surface area contributed by atoms with Gasteiger partial charge in [0.15, 0.2) is 0 Å². The minimum Gasteiger partial charge on any atom is -0.377 e. The molecule has 12 heavy (non-hydrogen) atoms. The molecule has 0 aliphatic heterocycles. The average Bonchev–Trinajstić information content (AvgIpc) is 2.55. The number of ether oxygens (including phenoxy) is 1. The normalized spacial score (nSPS) is 29.0. The van der Waals surface area contributed by atoms with Gasteiger partial charge in [0.2, 0.25) is 0 Å². The van der Waals surface area contributed by atoms with Crippen molar-refractivity contribution < 1.29 is 4.74 Å². The Kier molecular flexibility index (Phi) is 2.79. The van der Waals surface area contributed by atoms with Gasteiger partial charge in [0, 0.05) is 6.04 Å². The molecule has 0 aromatic heterocycles. The fourth-order valence-corrected chi connectivity index (χ4v) is 1.66. The van der Waals surface area contributed by atoms with Gasteiger partial charge in [-0.2, -0.15) is 0 Å². The molecule has 0 amide bonds. The fraction of sp³-hybridized carbons (Fsp3) is 1.00. The number of hydrogen-bond acceptors (Lipinski definition) is 2. The molecule has 2 atom stereocenters. The SMILES string of the molecule is CC(C)OCC(N)C1CC1(C)C. The monoisotopic (exact) mass is 171 g/mol. The zero-order chi connectivity index (χ0) is 9.35. The highest BCUT2D eigenvalue weighted by atomic mass is 16.5. The van der Waals surface area contributed by atoms with Gasteiger partial charge in [0.1, 0.15) is 0 Å². The molecule has 72 valence electrons. The molecule has 2 unspecified atom stereocenters. The summed E-state index contributed by atoms with van der Waals surface area (Å²) in [5.74, 6) is 0.677. The maximum Gasteiger partial charge on any atom is 0.0623 e. The van der Waals surface area contributed by atoms with E-state index in [-0.39, 0.29) is 6.04 Å². The highest BCUT2D eigenvalue weighted by molar-refractivity contribution is 5.00. The van der Waals surface area contributed by atoms with Crippen LogP contribution in [0.2, 0.25) is 0 Å². The van der Waals surface area contributed by atoms with E-state index >= 15 is 0 Å². The zero-order valence-electron chi connectivity index (χ0n) is 8.63. The van der Waals surface area contributed by atoms with Gasteiger partial charge < -0.3 is 10.5 Å². The fourth-order valence-electron chi connectivity index (χ4n) is 1.66. The average molecular weight is 171 g/mol. The quantitative estimate of drug-likeness (QED) is 0.700. The third-order valence-corrected chi connectivity index (χ3v) is 2.73. The first kappa shape index (κ1) is 10.0. The van der Waals surface area contributed by atoms with Crippen molar-refractivity contribution in [3.8, 4) is 0 Å². The Hall–Kier alpha value is -0.0800. The Morgan fingerprint density at radius 2 is 2.00 bits per heavy atom. The summed E-state index contributed by atoms with van der Waals surface area (Å²) in [6.07, 6.45) is 1.56. The summed E-state index contributed by atoms with van der Waals surface area (Å²) in [4.78, 5) is 0. The first-order valence-corrected chi connectivity index (χ1v) is 4.80. The van der Waals surface area contributed by atoms with Gasteiger partial charge in [-0.15, -0.1) is 0 Å². The Morgan fingerprint density at radius 1 is 1.50 bits per heavy atom. The standard InChI is InChI=1S/C10H21NO/c1-7(2)12-6-9(11)8-5-10(8,3)4/h7-9H,5-6,11H2,1-4H3. The van der Waals surface area contributed by atoms with Gasteiger partial charge in [-0.25, -0.2) is 0 Å². The second kappa shape index (κ2) is 3.35. The third-order valence-electron chi connectivity index (χ3n) is 2.73. The summed E-state index contributed by atoms with van der Waals surface area (Å²) in [6, 6.07) is 0.238. The maximum absolute atomic E-state index is 5.98. The molecular weight excluding hydrogens is 150 g/mol. The first-order valence-electron chi connectivity index (χ1n) is 4.80. The molecule has 0 aromatic carbocycles. The molecule has 0 radical (unpaired) electrons. The Morgan fingerprint density at radius 3 is 2.33 bits per heavy atom. The molecule has 0 heterocycles. The topological polar surface area (TPSA) is 35.2 Å². The van der Waals surface area contributed by atoms with Crippen molar-refractivity contribution in [1.29, 1.82) is 0 Å². The van der Waals surface area contributed by atoms with Crippen molar-refractivity contribution in [2.45, 2.75) is 46.3 Å².